The number of nitrogens with zero attached hydrogens (tertiary/aromatic N) is 1. The molecule has 0 aliphatic carbocycles. The molecule has 0 bridgehead atoms. The standard InChI is InChI=1S/C75H119F5N14O16/c1-20-38(15)28-29-48(96)85-54(33(5)6)68(102)92-61(41(18)95)72(106)87-56(35(9)10)69(103)88-57(36(11)12)74(108)94-31-25-27-47(94)66(100)83-45(26-24-30-81)64(98)90-59(39(16)21-2)71(105)93-62-42(19)110-75(109)58(37(13)14)89-63(97)44(23-4)82-65(99)46(32-43-49(76)51(78)53(80)52(79)50(43)77)84-67(101)55(34(7)8)86-70(104)60(40(17)22-3)91-73(62)107/h23,33-42,45-47,54-62,95H,20-22,24-32,81H2,1-19H3,(H,82,99)(H,83,100)(H,84,101)(H,85,96)(H,86,104)(H,87,106)(H,88,103)(H,89,97)(H,90,98)(H,91,107)(H,92,102)(H,93,105)/b44-23-/t38-,39-,40-,41+,42+,45-,46-,47+,54+,55+,56-,57+,58-,59+,60+,61-,62+/m0/s1. The van der Waals surface area contributed by atoms with E-state index in [-0.39, 0.29) is 63.4 Å². The summed E-state index contributed by atoms with van der Waals surface area (Å²) in [5, 5.41) is 41.2. The first-order valence-electron chi connectivity index (χ1n) is 38.1. The van der Waals surface area contributed by atoms with Crippen LogP contribution in [0.15, 0.2) is 11.8 Å². The lowest BCUT2D eigenvalue weighted by molar-refractivity contribution is -0.157. The number of amides is 13. The number of carbonyl (C=O) groups excluding carboxylic acids is 14. The Hall–Kier alpha value is -8.89. The molecule has 1 aromatic rings. The molecule has 2 aliphatic rings. The molecular weight excluding hydrogens is 1450 g/mol. The minimum atomic E-state index is -2.52. The first-order chi connectivity index (χ1) is 51.3. The molecule has 15 N–H and O–H groups in total. The minimum Gasteiger partial charge on any atom is -0.458 e. The highest BCUT2D eigenvalue weighted by atomic mass is 19.2. The Kier molecular flexibility index (Phi) is 38.3. The van der Waals surface area contributed by atoms with Crippen molar-refractivity contribution in [1.29, 1.82) is 0 Å². The van der Waals surface area contributed by atoms with Gasteiger partial charge in [-0.15, -0.1) is 0 Å². The third kappa shape index (κ3) is 26.4. The predicted molar refractivity (Wildman–Crippen MR) is 395 cm³/mol. The number of allylic oxidation sites excluding steroid dienone is 1. The van der Waals surface area contributed by atoms with Crippen molar-refractivity contribution in [1.82, 2.24) is 68.7 Å². The first-order valence-corrected chi connectivity index (χ1v) is 38.1. The molecule has 17 atom stereocenters. The number of hydrogen-bond donors (Lipinski definition) is 14. The van der Waals surface area contributed by atoms with Crippen molar-refractivity contribution in [2.24, 2.45) is 53.1 Å². The summed E-state index contributed by atoms with van der Waals surface area (Å²) in [5.74, 6) is -30.5. The molecule has 0 spiro atoms. The number of aliphatic hydroxyl groups excluding tert-OH is 1. The van der Waals surface area contributed by atoms with Crippen molar-refractivity contribution in [3.8, 4) is 0 Å². The van der Waals surface area contributed by atoms with Crippen LogP contribution in [-0.4, -0.2) is 191 Å². The van der Waals surface area contributed by atoms with E-state index in [0.29, 0.717) is 12.8 Å². The van der Waals surface area contributed by atoms with Crippen molar-refractivity contribution in [3.05, 3.63) is 46.4 Å². The van der Waals surface area contributed by atoms with Gasteiger partial charge in [0.1, 0.15) is 84.3 Å². The second kappa shape index (κ2) is 44.2. The Bertz CT molecular complexity index is 3440. The third-order valence-electron chi connectivity index (χ3n) is 20.1. The lowest BCUT2D eigenvalue weighted by atomic mass is 9.95. The molecular formula is C75H119F5N14O16. The molecule has 110 heavy (non-hydrogen) atoms. The van der Waals surface area contributed by atoms with Crippen LogP contribution in [0.5, 0.6) is 0 Å². The van der Waals surface area contributed by atoms with Crippen LogP contribution in [0.2, 0.25) is 0 Å². The fourth-order valence-corrected chi connectivity index (χ4v) is 12.2. The topological polar surface area (TPSA) is 442 Å². The summed E-state index contributed by atoms with van der Waals surface area (Å²) in [6.07, 6.45) is -1.29. The second-order valence-electron chi connectivity index (χ2n) is 30.5. The number of ether oxygens (including phenoxy) is 1. The lowest BCUT2D eigenvalue weighted by Gasteiger charge is -2.33. The van der Waals surface area contributed by atoms with Gasteiger partial charge >= 0.3 is 5.97 Å². The van der Waals surface area contributed by atoms with Crippen LogP contribution in [0.3, 0.4) is 0 Å². The van der Waals surface area contributed by atoms with Crippen molar-refractivity contribution in [3.63, 3.8) is 0 Å². The molecule has 2 fully saturated rings. The summed E-state index contributed by atoms with van der Waals surface area (Å²) < 4.78 is 79.8. The smallest absolute Gasteiger partial charge is 0.329 e. The molecule has 3 rings (SSSR count). The Labute approximate surface area is 641 Å². The van der Waals surface area contributed by atoms with Crippen LogP contribution in [0.4, 0.5) is 22.0 Å². The van der Waals surface area contributed by atoms with E-state index in [2.05, 4.69) is 63.8 Å². The molecule has 2 heterocycles. The summed E-state index contributed by atoms with van der Waals surface area (Å²) in [6.45, 7) is 29.8. The second-order valence-corrected chi connectivity index (χ2v) is 30.5. The van der Waals surface area contributed by atoms with Gasteiger partial charge < -0.3 is 84.3 Å². The monoisotopic (exact) mass is 1570 g/mol. The molecule has 30 nitrogen and oxygen atoms in total. The third-order valence-corrected chi connectivity index (χ3v) is 20.1. The Morgan fingerprint density at radius 2 is 1.09 bits per heavy atom. The van der Waals surface area contributed by atoms with Crippen LogP contribution >= 0.6 is 0 Å². The fourth-order valence-electron chi connectivity index (χ4n) is 12.2. The van der Waals surface area contributed by atoms with E-state index in [1.807, 2.05) is 13.8 Å². The number of nitrogens with two attached hydrogens (primary N) is 1. The summed E-state index contributed by atoms with van der Waals surface area (Å²) in [7, 11) is 0. The van der Waals surface area contributed by atoms with Gasteiger partial charge in [0.2, 0.25) is 76.7 Å². The van der Waals surface area contributed by atoms with Crippen LogP contribution < -0.4 is 69.5 Å². The van der Waals surface area contributed by atoms with E-state index in [9.17, 15) is 75.8 Å². The number of benzene rings is 1. The van der Waals surface area contributed by atoms with Crippen LogP contribution in [0.25, 0.3) is 0 Å². The van der Waals surface area contributed by atoms with Gasteiger partial charge in [-0.05, 0) is 107 Å². The fraction of sp³-hybridized carbons (Fsp3) is 0.707. The quantitative estimate of drug-likeness (QED) is 0.0158. The summed E-state index contributed by atoms with van der Waals surface area (Å²) in [4.78, 5) is 202. The summed E-state index contributed by atoms with van der Waals surface area (Å²) in [5.41, 5.74) is 3.73. The maximum Gasteiger partial charge on any atom is 0.329 e. The van der Waals surface area contributed by atoms with Gasteiger partial charge in [0.05, 0.1) is 6.10 Å². The number of cyclic esters (lactones) is 1. The van der Waals surface area contributed by atoms with Crippen LogP contribution in [0.1, 0.15) is 195 Å². The highest BCUT2D eigenvalue weighted by Crippen LogP contribution is 2.27. The maximum absolute atomic E-state index is 15.3. The Morgan fingerprint density at radius 3 is 1.60 bits per heavy atom. The van der Waals surface area contributed by atoms with Gasteiger partial charge in [-0.25, -0.2) is 26.7 Å². The SMILES string of the molecule is C/C=C1\NC(=O)[C@H](Cc2c(F)c(F)c(F)c(F)c2F)NC(=O)[C@@H](C(C)C)NC(=O)[C@@H]([C@@H](C)CC)NC(=O)[C@H](NC(=O)[C@H](NC(=O)[C@H](CCCN)NC(=O)[C@H]2CCCN2C(=O)[C@H](NC(=O)[C@@H](NC(=O)[C@@H](NC(=O)[C@H](NC(=O)CC[C@@H](C)CC)C(C)C)[C@@H](C)O)C(C)C)C(C)C)[C@@H](C)CC)[C@@H](C)OC(=O)[C@H](C(C)C)NC1=O. The van der Waals surface area contributed by atoms with Gasteiger partial charge in [-0.1, -0.05) is 136 Å². The largest absolute Gasteiger partial charge is 0.458 e. The average molecular weight is 1570 g/mol. The number of carbonyl (C=O) groups is 14. The van der Waals surface area contributed by atoms with E-state index < -0.39 is 250 Å². The number of rotatable bonds is 33. The van der Waals surface area contributed by atoms with E-state index in [1.165, 1.54) is 60.3 Å². The maximum atomic E-state index is 15.3. The van der Waals surface area contributed by atoms with Crippen molar-refractivity contribution in [2.45, 2.75) is 280 Å². The van der Waals surface area contributed by atoms with Crippen molar-refractivity contribution >= 4 is 82.8 Å². The molecule has 35 heteroatoms. The van der Waals surface area contributed by atoms with Gasteiger partial charge in [-0.3, -0.25) is 62.3 Å². The summed E-state index contributed by atoms with van der Waals surface area (Å²) >= 11 is 0. The number of esters is 1. The first kappa shape index (κ1) is 95.3. The molecule has 0 saturated carbocycles. The van der Waals surface area contributed by atoms with Crippen LogP contribution in [0, 0.1) is 76.4 Å². The van der Waals surface area contributed by atoms with Crippen molar-refractivity contribution < 1.29 is 98.9 Å². The molecule has 2 aliphatic heterocycles. The molecule has 0 aromatic heterocycles. The van der Waals surface area contributed by atoms with Gasteiger partial charge in [0, 0.05) is 24.9 Å². The van der Waals surface area contributed by atoms with Gasteiger partial charge in [0.15, 0.2) is 23.3 Å². The predicted octanol–water partition coefficient (Wildman–Crippen LogP) is 2.53. The van der Waals surface area contributed by atoms with Gasteiger partial charge in [-0.2, -0.15) is 0 Å². The molecule has 13 amide bonds. The Morgan fingerprint density at radius 1 is 0.582 bits per heavy atom. The number of nitrogens with one attached hydrogen (secondary N) is 12. The molecule has 0 radical (unpaired) electrons. The molecule has 2 saturated heterocycles. The number of halogens is 5. The average Bonchev–Trinajstić information content (AvgIpc) is 0.920. The minimum absolute atomic E-state index is 0.0150. The van der Waals surface area contributed by atoms with Gasteiger partial charge in [0.25, 0.3) is 5.91 Å². The lowest BCUT2D eigenvalue weighted by Crippen LogP contribution is -2.64. The highest BCUT2D eigenvalue weighted by molar-refractivity contribution is 6.03. The van der Waals surface area contributed by atoms with E-state index in [4.69, 9.17) is 10.5 Å². The summed E-state index contributed by atoms with van der Waals surface area (Å²) in [6, 6.07) is -18.8. The number of hydrogen-bond acceptors (Lipinski definition) is 17. The van der Waals surface area contributed by atoms with Crippen molar-refractivity contribution in [2.75, 3.05) is 13.1 Å². The zero-order chi connectivity index (χ0) is 83.8. The molecule has 620 valence electrons. The normalized spacial score (nSPS) is 22.4. The zero-order valence-corrected chi connectivity index (χ0v) is 66.7. The number of aliphatic hydroxyl groups is 1. The van der Waals surface area contributed by atoms with E-state index in [0.717, 1.165) is 12.5 Å². The zero-order valence-electron chi connectivity index (χ0n) is 66.7. The highest BCUT2D eigenvalue weighted by Gasteiger charge is 2.45. The molecule has 1 aromatic carbocycles. The number of likely N-dealkylation sites (tertiary alicyclic amines) is 1. The van der Waals surface area contributed by atoms with E-state index >= 15 is 18.4 Å². The Balaban J connectivity index is 2.04. The van der Waals surface area contributed by atoms with E-state index in [1.54, 1.807) is 62.3 Å². The molecule has 0 unspecified atom stereocenters. The van der Waals surface area contributed by atoms with Crippen LogP contribution in [-0.2, 0) is 78.3 Å².